The lowest BCUT2D eigenvalue weighted by atomic mass is 10.0. The van der Waals surface area contributed by atoms with E-state index in [1.54, 1.807) is 6.07 Å². The lowest BCUT2D eigenvalue weighted by molar-refractivity contribution is 0.479. The first-order chi connectivity index (χ1) is 7.69. The van der Waals surface area contributed by atoms with Crippen molar-refractivity contribution in [2.75, 3.05) is 0 Å². The molecule has 0 amide bonds. The second-order valence-electron chi connectivity index (χ2n) is 4.44. The highest BCUT2D eigenvalue weighted by Crippen LogP contribution is 2.36. The van der Waals surface area contributed by atoms with E-state index in [1.807, 2.05) is 6.07 Å². The molecule has 0 radical (unpaired) electrons. The molecule has 0 aromatic heterocycles. The summed E-state index contributed by atoms with van der Waals surface area (Å²) in [5.41, 5.74) is 3.68. The van der Waals surface area contributed by atoms with Gasteiger partial charge in [0.2, 0.25) is 0 Å². The van der Waals surface area contributed by atoms with Crippen LogP contribution in [0.15, 0.2) is 22.7 Å². The first kappa shape index (κ1) is 12.0. The van der Waals surface area contributed by atoms with Gasteiger partial charge in [-0.05, 0) is 42.5 Å². The normalized spacial score (nSPS) is 17.4. The molecule has 1 saturated carbocycles. The summed E-state index contributed by atoms with van der Waals surface area (Å²) < 4.78 is 14.0. The van der Waals surface area contributed by atoms with E-state index in [0.717, 1.165) is 22.4 Å². The highest BCUT2D eigenvalue weighted by Gasteiger charge is 2.23. The summed E-state index contributed by atoms with van der Waals surface area (Å²) in [4.78, 5) is 0. The first-order valence-electron chi connectivity index (χ1n) is 5.61. The van der Waals surface area contributed by atoms with E-state index in [1.165, 1.54) is 25.3 Å². The molecular weight excluding hydrogens is 271 g/mol. The Morgan fingerprint density at radius 1 is 1.44 bits per heavy atom. The van der Waals surface area contributed by atoms with Crippen LogP contribution in [0.4, 0.5) is 4.39 Å². The fourth-order valence-electron chi connectivity index (χ4n) is 1.93. The van der Waals surface area contributed by atoms with Gasteiger partial charge >= 0.3 is 0 Å². The Bertz CT molecular complexity index is 346. The highest BCUT2D eigenvalue weighted by atomic mass is 79.9. The topological polar surface area (TPSA) is 38.0 Å². The van der Waals surface area contributed by atoms with Crippen LogP contribution in [0.3, 0.4) is 0 Å². The van der Waals surface area contributed by atoms with Gasteiger partial charge in [0, 0.05) is 10.5 Å². The Hall–Kier alpha value is -0.450. The Morgan fingerprint density at radius 2 is 2.19 bits per heavy atom. The highest BCUT2D eigenvalue weighted by molar-refractivity contribution is 9.10. The molecule has 2 rings (SSSR count). The summed E-state index contributed by atoms with van der Waals surface area (Å²) in [6, 6.07) is 4.97. The largest absolute Gasteiger partial charge is 0.271 e. The maximum absolute atomic E-state index is 13.2. The molecule has 88 valence electrons. The summed E-state index contributed by atoms with van der Waals surface area (Å²) >= 11 is 3.29. The molecule has 3 N–H and O–H groups in total. The summed E-state index contributed by atoms with van der Waals surface area (Å²) in [5, 5.41) is 0. The molecule has 0 bridgehead atoms. The maximum atomic E-state index is 13.2. The summed E-state index contributed by atoms with van der Waals surface area (Å²) in [6.07, 6.45) is 4.81. The number of halogens is 2. The van der Waals surface area contributed by atoms with Crippen LogP contribution in [0, 0.1) is 11.7 Å². The molecule has 0 aliphatic heterocycles. The van der Waals surface area contributed by atoms with Crippen molar-refractivity contribution in [3.8, 4) is 0 Å². The van der Waals surface area contributed by atoms with Gasteiger partial charge in [0.25, 0.3) is 0 Å². The van der Waals surface area contributed by atoms with Crippen molar-refractivity contribution >= 4 is 15.9 Å². The van der Waals surface area contributed by atoms with E-state index in [4.69, 9.17) is 5.84 Å². The van der Waals surface area contributed by atoms with Gasteiger partial charge in [-0.25, -0.2) is 4.39 Å². The van der Waals surface area contributed by atoms with E-state index < -0.39 is 0 Å². The molecule has 2 nitrogen and oxygen atoms in total. The van der Waals surface area contributed by atoms with Crippen molar-refractivity contribution in [3.05, 3.63) is 34.1 Å². The van der Waals surface area contributed by atoms with Crippen molar-refractivity contribution in [3.63, 3.8) is 0 Å². The number of hydrogen-bond donors (Lipinski definition) is 2. The minimum absolute atomic E-state index is 0.0487. The second kappa shape index (κ2) is 5.25. The Kier molecular flexibility index (Phi) is 3.95. The lowest BCUT2D eigenvalue weighted by Gasteiger charge is -2.16. The number of nitrogens with two attached hydrogens (primary N) is 1. The van der Waals surface area contributed by atoms with E-state index >= 15 is 0 Å². The van der Waals surface area contributed by atoms with Gasteiger partial charge in [0.1, 0.15) is 5.82 Å². The average Bonchev–Trinajstić information content (AvgIpc) is 3.01. The maximum Gasteiger partial charge on any atom is 0.124 e. The van der Waals surface area contributed by atoms with Crippen LogP contribution >= 0.6 is 15.9 Å². The molecule has 1 unspecified atom stereocenters. The standard InChI is InChI=1S/C12H16BrFN2/c13-10-5-9(6-11(14)7-10)12(16-15)4-3-8-1-2-8/h5-8,12,16H,1-4,15H2. The zero-order chi connectivity index (χ0) is 11.5. The zero-order valence-electron chi connectivity index (χ0n) is 9.05. The van der Waals surface area contributed by atoms with Gasteiger partial charge < -0.3 is 0 Å². The quantitative estimate of drug-likeness (QED) is 0.644. The second-order valence-corrected chi connectivity index (χ2v) is 5.36. The van der Waals surface area contributed by atoms with Crippen LogP contribution in [0.5, 0.6) is 0 Å². The van der Waals surface area contributed by atoms with Crippen LogP contribution in [-0.4, -0.2) is 0 Å². The molecular formula is C12H16BrFN2. The molecule has 0 spiro atoms. The van der Waals surface area contributed by atoms with Crippen LogP contribution in [-0.2, 0) is 0 Å². The van der Waals surface area contributed by atoms with Gasteiger partial charge in [0.15, 0.2) is 0 Å². The molecule has 1 aromatic carbocycles. The Labute approximate surface area is 104 Å². The number of hydrazine groups is 1. The fraction of sp³-hybridized carbons (Fsp3) is 0.500. The zero-order valence-corrected chi connectivity index (χ0v) is 10.6. The van der Waals surface area contributed by atoms with E-state index in [0.29, 0.717) is 0 Å². The molecule has 4 heteroatoms. The molecule has 1 aliphatic rings. The van der Waals surface area contributed by atoms with Gasteiger partial charge in [-0.3, -0.25) is 11.3 Å². The van der Waals surface area contributed by atoms with Crippen molar-refractivity contribution in [2.45, 2.75) is 31.7 Å². The molecule has 0 heterocycles. The number of nitrogens with one attached hydrogen (secondary N) is 1. The fourth-order valence-corrected chi connectivity index (χ4v) is 2.41. The minimum Gasteiger partial charge on any atom is -0.271 e. The molecule has 1 aliphatic carbocycles. The predicted molar refractivity (Wildman–Crippen MR) is 66.1 cm³/mol. The monoisotopic (exact) mass is 286 g/mol. The van der Waals surface area contributed by atoms with Crippen molar-refractivity contribution < 1.29 is 4.39 Å². The lowest BCUT2D eigenvalue weighted by Crippen LogP contribution is -2.28. The Balaban J connectivity index is 2.04. The van der Waals surface area contributed by atoms with Crippen LogP contribution < -0.4 is 11.3 Å². The third kappa shape index (κ3) is 3.27. The van der Waals surface area contributed by atoms with Crippen molar-refractivity contribution in [1.29, 1.82) is 0 Å². The summed E-state index contributed by atoms with van der Waals surface area (Å²) in [6.45, 7) is 0. The van der Waals surface area contributed by atoms with Crippen LogP contribution in [0.25, 0.3) is 0 Å². The van der Waals surface area contributed by atoms with E-state index in [-0.39, 0.29) is 11.9 Å². The van der Waals surface area contributed by atoms with Crippen molar-refractivity contribution in [1.82, 2.24) is 5.43 Å². The third-order valence-corrected chi connectivity index (χ3v) is 3.51. The Morgan fingerprint density at radius 3 is 2.75 bits per heavy atom. The average molecular weight is 287 g/mol. The van der Waals surface area contributed by atoms with E-state index in [2.05, 4.69) is 21.4 Å². The van der Waals surface area contributed by atoms with Gasteiger partial charge in [-0.2, -0.15) is 0 Å². The third-order valence-electron chi connectivity index (χ3n) is 3.05. The number of benzene rings is 1. The number of hydrogen-bond acceptors (Lipinski definition) is 2. The van der Waals surface area contributed by atoms with E-state index in [9.17, 15) is 4.39 Å². The molecule has 16 heavy (non-hydrogen) atoms. The number of rotatable bonds is 5. The molecule has 0 saturated heterocycles. The first-order valence-corrected chi connectivity index (χ1v) is 6.40. The summed E-state index contributed by atoms with van der Waals surface area (Å²) in [7, 11) is 0. The molecule has 1 fully saturated rings. The van der Waals surface area contributed by atoms with Gasteiger partial charge in [0.05, 0.1) is 0 Å². The molecule has 1 atom stereocenters. The van der Waals surface area contributed by atoms with Crippen LogP contribution in [0.2, 0.25) is 0 Å². The molecule has 1 aromatic rings. The predicted octanol–water partition coefficient (Wildman–Crippen LogP) is 3.28. The smallest absolute Gasteiger partial charge is 0.124 e. The minimum atomic E-state index is -0.226. The van der Waals surface area contributed by atoms with Crippen molar-refractivity contribution in [2.24, 2.45) is 11.8 Å². The van der Waals surface area contributed by atoms with Gasteiger partial charge in [-0.1, -0.05) is 28.8 Å². The summed E-state index contributed by atoms with van der Waals surface area (Å²) in [5.74, 6) is 6.17. The SMILES string of the molecule is NNC(CCC1CC1)c1cc(F)cc(Br)c1. The van der Waals surface area contributed by atoms with Crippen LogP contribution in [0.1, 0.15) is 37.3 Å². The van der Waals surface area contributed by atoms with Gasteiger partial charge in [-0.15, -0.1) is 0 Å².